The van der Waals surface area contributed by atoms with Crippen LogP contribution < -0.4 is 5.32 Å². The van der Waals surface area contributed by atoms with Gasteiger partial charge in [0.15, 0.2) is 0 Å². The van der Waals surface area contributed by atoms with Crippen molar-refractivity contribution < 1.29 is 19.4 Å². The van der Waals surface area contributed by atoms with Crippen molar-refractivity contribution in [3.63, 3.8) is 0 Å². The summed E-state index contributed by atoms with van der Waals surface area (Å²) in [4.78, 5) is 26.6. The molecule has 6 nitrogen and oxygen atoms in total. The van der Waals surface area contributed by atoms with Gasteiger partial charge >= 0.3 is 12.1 Å². The summed E-state index contributed by atoms with van der Waals surface area (Å²) in [6.45, 7) is 1.98. The van der Waals surface area contributed by atoms with Crippen LogP contribution in [-0.2, 0) is 17.9 Å². The average molecular weight is 300 g/mol. The first kappa shape index (κ1) is 15.5. The van der Waals surface area contributed by atoms with Crippen molar-refractivity contribution >= 4 is 12.1 Å². The summed E-state index contributed by atoms with van der Waals surface area (Å²) >= 11 is 0. The van der Waals surface area contributed by atoms with Crippen LogP contribution in [0.2, 0.25) is 0 Å². The predicted molar refractivity (Wildman–Crippen MR) is 79.4 cm³/mol. The second-order valence-electron chi connectivity index (χ2n) is 4.66. The third kappa shape index (κ3) is 4.31. The highest BCUT2D eigenvalue weighted by Gasteiger charge is 2.09. The van der Waals surface area contributed by atoms with Gasteiger partial charge in [0, 0.05) is 0 Å². The first-order valence-corrected chi connectivity index (χ1v) is 6.70. The third-order valence-corrected chi connectivity index (χ3v) is 3.00. The summed E-state index contributed by atoms with van der Waals surface area (Å²) in [7, 11) is 0. The zero-order valence-corrected chi connectivity index (χ0v) is 12.1. The van der Waals surface area contributed by atoms with Gasteiger partial charge in [-0.3, -0.25) is 4.98 Å². The minimum absolute atomic E-state index is 0.149. The van der Waals surface area contributed by atoms with Crippen LogP contribution in [0.3, 0.4) is 0 Å². The number of aromatic carboxylic acids is 1. The number of hydrogen-bond donors (Lipinski definition) is 2. The molecule has 0 fully saturated rings. The lowest BCUT2D eigenvalue weighted by atomic mass is 10.2. The summed E-state index contributed by atoms with van der Waals surface area (Å²) in [6, 6.07) is 12.4. The van der Waals surface area contributed by atoms with E-state index in [9.17, 15) is 9.59 Å². The number of nitrogens with one attached hydrogen (secondary N) is 1. The summed E-state index contributed by atoms with van der Waals surface area (Å²) in [5.41, 5.74) is 2.02. The Labute approximate surface area is 127 Å². The average Bonchev–Trinajstić information content (AvgIpc) is 2.51. The SMILES string of the molecule is Cc1nc(CNC(=O)OCc2ccccc2)ccc1C(=O)O. The molecule has 0 aliphatic heterocycles. The van der Waals surface area contributed by atoms with Crippen LogP contribution >= 0.6 is 0 Å². The van der Waals surface area contributed by atoms with Gasteiger partial charge in [0.2, 0.25) is 0 Å². The molecule has 2 N–H and O–H groups in total. The van der Waals surface area contributed by atoms with Crippen molar-refractivity contribution in [1.82, 2.24) is 10.3 Å². The Bertz CT molecular complexity index is 671. The van der Waals surface area contributed by atoms with Gasteiger partial charge in [0.25, 0.3) is 0 Å². The van der Waals surface area contributed by atoms with Crippen LogP contribution in [0.4, 0.5) is 4.79 Å². The fourth-order valence-corrected chi connectivity index (χ4v) is 1.87. The number of amides is 1. The molecule has 1 heterocycles. The maximum atomic E-state index is 11.6. The second kappa shape index (κ2) is 7.21. The van der Waals surface area contributed by atoms with Crippen LogP contribution in [0.1, 0.15) is 27.3 Å². The molecule has 1 aromatic carbocycles. The second-order valence-corrected chi connectivity index (χ2v) is 4.66. The molecule has 0 saturated carbocycles. The van der Waals surface area contributed by atoms with E-state index in [1.165, 1.54) is 6.07 Å². The van der Waals surface area contributed by atoms with Gasteiger partial charge in [-0.1, -0.05) is 30.3 Å². The van der Waals surface area contributed by atoms with Gasteiger partial charge in [-0.15, -0.1) is 0 Å². The minimum atomic E-state index is -1.02. The van der Waals surface area contributed by atoms with Crippen LogP contribution in [0.25, 0.3) is 0 Å². The molecular formula is C16H16N2O4. The van der Waals surface area contributed by atoms with Gasteiger partial charge in [-0.2, -0.15) is 0 Å². The molecular weight excluding hydrogens is 284 g/mol. The number of alkyl carbamates (subject to hydrolysis) is 1. The van der Waals surface area contributed by atoms with Crippen molar-refractivity contribution in [2.45, 2.75) is 20.1 Å². The van der Waals surface area contributed by atoms with Crippen molar-refractivity contribution in [2.24, 2.45) is 0 Å². The first-order chi connectivity index (χ1) is 10.6. The van der Waals surface area contributed by atoms with E-state index in [1.54, 1.807) is 13.0 Å². The summed E-state index contributed by atoms with van der Waals surface area (Å²) in [5.74, 6) is -1.02. The van der Waals surface area contributed by atoms with E-state index in [-0.39, 0.29) is 18.7 Å². The van der Waals surface area contributed by atoms with E-state index < -0.39 is 12.1 Å². The highest BCUT2D eigenvalue weighted by Crippen LogP contribution is 2.07. The Morgan fingerprint density at radius 1 is 1.18 bits per heavy atom. The Morgan fingerprint density at radius 2 is 1.91 bits per heavy atom. The van der Waals surface area contributed by atoms with Gasteiger partial charge in [0.05, 0.1) is 23.5 Å². The molecule has 1 amide bonds. The number of aromatic nitrogens is 1. The van der Waals surface area contributed by atoms with Crippen molar-refractivity contribution in [3.8, 4) is 0 Å². The van der Waals surface area contributed by atoms with Crippen LogP contribution in [0.15, 0.2) is 42.5 Å². The molecule has 2 rings (SSSR count). The molecule has 2 aromatic rings. The number of carbonyl (C=O) groups is 2. The number of rotatable bonds is 5. The lowest BCUT2D eigenvalue weighted by Crippen LogP contribution is -2.24. The molecule has 114 valence electrons. The predicted octanol–water partition coefficient (Wildman–Crippen LogP) is 2.51. The number of carboxylic acids is 1. The Balaban J connectivity index is 1.83. The van der Waals surface area contributed by atoms with E-state index >= 15 is 0 Å². The highest BCUT2D eigenvalue weighted by atomic mass is 16.5. The standard InChI is InChI=1S/C16H16N2O4/c1-11-14(15(19)20)8-7-13(18-11)9-17-16(21)22-10-12-5-3-2-4-6-12/h2-8H,9-10H2,1H3,(H,17,21)(H,19,20). The molecule has 6 heteroatoms. The summed E-state index contributed by atoms with van der Waals surface area (Å²) in [5, 5.41) is 11.5. The molecule has 1 aromatic heterocycles. The fourth-order valence-electron chi connectivity index (χ4n) is 1.87. The Hall–Kier alpha value is -2.89. The fraction of sp³-hybridized carbons (Fsp3) is 0.188. The largest absolute Gasteiger partial charge is 0.478 e. The first-order valence-electron chi connectivity index (χ1n) is 6.70. The lowest BCUT2D eigenvalue weighted by Gasteiger charge is -2.08. The Morgan fingerprint density at radius 3 is 2.55 bits per heavy atom. The smallest absolute Gasteiger partial charge is 0.407 e. The zero-order valence-electron chi connectivity index (χ0n) is 12.1. The van der Waals surface area contributed by atoms with Crippen LogP contribution in [-0.4, -0.2) is 22.2 Å². The van der Waals surface area contributed by atoms with Crippen molar-refractivity contribution in [2.75, 3.05) is 0 Å². The number of nitrogens with zero attached hydrogens (tertiary/aromatic N) is 1. The number of aryl methyl sites for hydroxylation is 1. The zero-order chi connectivity index (χ0) is 15.9. The van der Waals surface area contributed by atoms with Crippen LogP contribution in [0, 0.1) is 6.92 Å². The highest BCUT2D eigenvalue weighted by molar-refractivity contribution is 5.88. The molecule has 0 aliphatic carbocycles. The summed E-state index contributed by atoms with van der Waals surface area (Å²) < 4.78 is 5.07. The Kier molecular flexibility index (Phi) is 5.08. The van der Waals surface area contributed by atoms with E-state index in [0.29, 0.717) is 11.4 Å². The third-order valence-electron chi connectivity index (χ3n) is 3.00. The van der Waals surface area contributed by atoms with Crippen molar-refractivity contribution in [3.05, 3.63) is 65.0 Å². The number of ether oxygens (including phenoxy) is 1. The molecule has 0 saturated heterocycles. The quantitative estimate of drug-likeness (QED) is 0.885. The topological polar surface area (TPSA) is 88.5 Å². The molecule has 0 atom stereocenters. The van der Waals surface area contributed by atoms with Gasteiger partial charge < -0.3 is 15.2 Å². The summed E-state index contributed by atoms with van der Waals surface area (Å²) in [6.07, 6.45) is -0.550. The number of carbonyl (C=O) groups excluding carboxylic acids is 1. The molecule has 0 spiro atoms. The van der Waals surface area contributed by atoms with Gasteiger partial charge in [-0.25, -0.2) is 9.59 Å². The minimum Gasteiger partial charge on any atom is -0.478 e. The lowest BCUT2D eigenvalue weighted by molar-refractivity contribution is 0.0695. The number of hydrogen-bond acceptors (Lipinski definition) is 4. The van der Waals surface area contributed by atoms with Crippen molar-refractivity contribution in [1.29, 1.82) is 0 Å². The molecule has 0 unspecified atom stereocenters. The number of carboxylic acid groups (broad SMARTS) is 1. The molecule has 0 bridgehead atoms. The molecule has 22 heavy (non-hydrogen) atoms. The van der Waals surface area contributed by atoms with E-state index in [4.69, 9.17) is 9.84 Å². The number of pyridine rings is 1. The van der Waals surface area contributed by atoms with E-state index in [0.717, 1.165) is 5.56 Å². The maximum Gasteiger partial charge on any atom is 0.407 e. The van der Waals surface area contributed by atoms with Crippen LogP contribution in [0.5, 0.6) is 0 Å². The number of benzene rings is 1. The van der Waals surface area contributed by atoms with E-state index in [1.807, 2.05) is 30.3 Å². The van der Waals surface area contributed by atoms with Gasteiger partial charge in [0.1, 0.15) is 6.61 Å². The molecule has 0 radical (unpaired) electrons. The maximum absolute atomic E-state index is 11.6. The van der Waals surface area contributed by atoms with Gasteiger partial charge in [-0.05, 0) is 24.6 Å². The van der Waals surface area contributed by atoms with E-state index in [2.05, 4.69) is 10.3 Å². The molecule has 0 aliphatic rings. The monoisotopic (exact) mass is 300 g/mol. The normalized spacial score (nSPS) is 10.0.